The molecule has 2 N–H and O–H groups in total. The average Bonchev–Trinajstić information content (AvgIpc) is 2.90. The molecule has 0 bridgehead atoms. The molecular formula is C15H14F3N5O2S. The number of halogens is 3. The largest absolute Gasteiger partial charge is 0.417 e. The summed E-state index contributed by atoms with van der Waals surface area (Å²) < 4.78 is 64.7. The summed E-state index contributed by atoms with van der Waals surface area (Å²) in [6, 6.07) is 2.12. The van der Waals surface area contributed by atoms with Crippen LogP contribution in [0.5, 0.6) is 0 Å². The molecule has 3 aromatic heterocycles. The summed E-state index contributed by atoms with van der Waals surface area (Å²) in [4.78, 5) is 11.9. The molecule has 3 heterocycles. The van der Waals surface area contributed by atoms with Crippen molar-refractivity contribution in [2.24, 2.45) is 7.05 Å². The van der Waals surface area contributed by atoms with Gasteiger partial charge in [0, 0.05) is 13.2 Å². The van der Waals surface area contributed by atoms with Gasteiger partial charge in [0.1, 0.15) is 11.2 Å². The third kappa shape index (κ3) is 2.98. The van der Waals surface area contributed by atoms with Crippen LogP contribution in [0.4, 0.5) is 18.9 Å². The van der Waals surface area contributed by atoms with Gasteiger partial charge in [-0.2, -0.15) is 13.2 Å². The first-order valence-electron chi connectivity index (χ1n) is 7.43. The van der Waals surface area contributed by atoms with Gasteiger partial charge in [0.15, 0.2) is 21.3 Å². The van der Waals surface area contributed by atoms with E-state index in [4.69, 9.17) is 5.73 Å². The van der Waals surface area contributed by atoms with Gasteiger partial charge in [-0.15, -0.1) is 0 Å². The Morgan fingerprint density at radius 3 is 2.50 bits per heavy atom. The molecule has 11 heteroatoms. The number of sulfone groups is 1. The van der Waals surface area contributed by atoms with Crippen LogP contribution >= 0.6 is 0 Å². The van der Waals surface area contributed by atoms with Crippen LogP contribution in [0.2, 0.25) is 0 Å². The van der Waals surface area contributed by atoms with E-state index in [0.29, 0.717) is 6.20 Å². The third-order valence-electron chi connectivity index (χ3n) is 3.84. The van der Waals surface area contributed by atoms with Crippen molar-refractivity contribution in [1.82, 2.24) is 19.5 Å². The molecule has 0 spiro atoms. The minimum atomic E-state index is -4.56. The highest BCUT2D eigenvalue weighted by atomic mass is 32.2. The molecule has 0 saturated heterocycles. The quantitative estimate of drug-likeness (QED) is 0.743. The fourth-order valence-corrected chi connectivity index (χ4v) is 3.53. The second-order valence-electron chi connectivity index (χ2n) is 5.58. The number of alkyl halides is 3. The molecule has 0 radical (unpaired) electrons. The molecule has 0 aliphatic carbocycles. The van der Waals surface area contributed by atoms with E-state index in [1.54, 1.807) is 0 Å². The van der Waals surface area contributed by atoms with Crippen LogP contribution in [0.25, 0.3) is 22.7 Å². The van der Waals surface area contributed by atoms with Crippen LogP contribution in [-0.2, 0) is 23.1 Å². The Labute approximate surface area is 146 Å². The van der Waals surface area contributed by atoms with Crippen molar-refractivity contribution in [1.29, 1.82) is 0 Å². The van der Waals surface area contributed by atoms with E-state index < -0.39 is 21.6 Å². The second kappa shape index (κ2) is 5.94. The number of pyridine rings is 2. The predicted octanol–water partition coefficient (Wildman–Crippen LogP) is 2.42. The molecule has 0 amide bonds. The van der Waals surface area contributed by atoms with Crippen molar-refractivity contribution >= 4 is 26.7 Å². The normalized spacial score (nSPS) is 12.7. The molecule has 0 atom stereocenters. The summed E-state index contributed by atoms with van der Waals surface area (Å²) in [7, 11) is -2.16. The number of rotatable bonds is 3. The number of fused-ring (bicyclic) bond motifs is 1. The molecule has 0 aliphatic heterocycles. The van der Waals surface area contributed by atoms with E-state index >= 15 is 0 Å². The highest BCUT2D eigenvalue weighted by Crippen LogP contribution is 2.32. The molecule has 7 nitrogen and oxygen atoms in total. The predicted molar refractivity (Wildman–Crippen MR) is 88.9 cm³/mol. The SMILES string of the molecule is CCS(=O)(=O)c1cc(N)cnc1-c1nc2cc(C(F)(F)F)cnc2n1C. The van der Waals surface area contributed by atoms with Crippen LogP contribution < -0.4 is 5.73 Å². The maximum Gasteiger partial charge on any atom is 0.417 e. The maximum atomic E-state index is 12.9. The van der Waals surface area contributed by atoms with Gasteiger partial charge < -0.3 is 10.3 Å². The van der Waals surface area contributed by atoms with E-state index in [2.05, 4.69) is 15.0 Å². The monoisotopic (exact) mass is 385 g/mol. The number of nitrogens with two attached hydrogens (primary N) is 1. The maximum absolute atomic E-state index is 12.9. The molecule has 0 fully saturated rings. The van der Waals surface area contributed by atoms with Gasteiger partial charge in [-0.05, 0) is 12.1 Å². The second-order valence-corrected chi connectivity index (χ2v) is 7.82. The lowest BCUT2D eigenvalue weighted by molar-refractivity contribution is -0.137. The average molecular weight is 385 g/mol. The number of nitrogens with zero attached hydrogens (tertiary/aromatic N) is 4. The first-order valence-corrected chi connectivity index (χ1v) is 9.08. The lowest BCUT2D eigenvalue weighted by Gasteiger charge is -2.09. The Morgan fingerprint density at radius 1 is 1.19 bits per heavy atom. The highest BCUT2D eigenvalue weighted by molar-refractivity contribution is 7.91. The fourth-order valence-electron chi connectivity index (χ4n) is 2.46. The molecule has 3 rings (SSSR count). The molecule has 0 unspecified atom stereocenters. The van der Waals surface area contributed by atoms with Gasteiger partial charge in [0.2, 0.25) is 0 Å². The van der Waals surface area contributed by atoms with E-state index in [-0.39, 0.29) is 39.0 Å². The topological polar surface area (TPSA) is 104 Å². The number of imidazole rings is 1. The Hall–Kier alpha value is -2.69. The summed E-state index contributed by atoms with van der Waals surface area (Å²) >= 11 is 0. The van der Waals surface area contributed by atoms with Crippen LogP contribution in [0.1, 0.15) is 12.5 Å². The zero-order chi connectivity index (χ0) is 19.3. The Bertz CT molecular complexity index is 1110. The Kier molecular flexibility index (Phi) is 4.14. The van der Waals surface area contributed by atoms with Crippen LogP contribution in [0.15, 0.2) is 29.4 Å². The van der Waals surface area contributed by atoms with Gasteiger partial charge in [-0.1, -0.05) is 6.92 Å². The minimum Gasteiger partial charge on any atom is -0.397 e. The minimum absolute atomic E-state index is 0.00936. The van der Waals surface area contributed by atoms with Gasteiger partial charge in [0.05, 0.1) is 28.1 Å². The zero-order valence-electron chi connectivity index (χ0n) is 13.7. The van der Waals surface area contributed by atoms with Crippen molar-refractivity contribution < 1.29 is 21.6 Å². The van der Waals surface area contributed by atoms with Gasteiger partial charge >= 0.3 is 6.18 Å². The highest BCUT2D eigenvalue weighted by Gasteiger charge is 2.32. The van der Waals surface area contributed by atoms with Crippen molar-refractivity contribution in [3.8, 4) is 11.5 Å². The fraction of sp³-hybridized carbons (Fsp3) is 0.267. The zero-order valence-corrected chi connectivity index (χ0v) is 14.6. The first-order chi connectivity index (χ1) is 12.0. The molecule has 3 aromatic rings. The van der Waals surface area contributed by atoms with Crippen molar-refractivity contribution in [2.45, 2.75) is 18.0 Å². The van der Waals surface area contributed by atoms with Crippen molar-refractivity contribution in [3.63, 3.8) is 0 Å². The smallest absolute Gasteiger partial charge is 0.397 e. The van der Waals surface area contributed by atoms with Gasteiger partial charge in [-0.25, -0.2) is 23.4 Å². The summed E-state index contributed by atoms with van der Waals surface area (Å²) in [5, 5.41) is 0. The summed E-state index contributed by atoms with van der Waals surface area (Å²) in [6.45, 7) is 1.47. The molecule has 0 aliphatic rings. The Balaban J connectivity index is 2.29. The standard InChI is InChI=1S/C15H14F3N5O2S/c1-3-26(24,25)11-5-9(19)7-20-12(11)14-22-10-4-8(15(16,17)18)6-21-13(10)23(14)2/h4-7H,3,19H2,1-2H3. The third-order valence-corrected chi connectivity index (χ3v) is 5.58. The van der Waals surface area contributed by atoms with Crippen LogP contribution in [0.3, 0.4) is 0 Å². The number of hydrogen-bond acceptors (Lipinski definition) is 6. The molecule has 0 aromatic carbocycles. The van der Waals surface area contributed by atoms with Gasteiger partial charge in [-0.3, -0.25) is 0 Å². The van der Waals surface area contributed by atoms with Crippen LogP contribution in [0, 0.1) is 0 Å². The molecular weight excluding hydrogens is 371 g/mol. The summed E-state index contributed by atoms with van der Waals surface area (Å²) in [5.74, 6) is -0.107. The molecule has 26 heavy (non-hydrogen) atoms. The number of anilines is 1. The first kappa shape index (κ1) is 18.1. The van der Waals surface area contributed by atoms with E-state index in [9.17, 15) is 21.6 Å². The number of hydrogen-bond donors (Lipinski definition) is 1. The summed E-state index contributed by atoms with van der Waals surface area (Å²) in [6.07, 6.45) is -2.60. The number of nitrogen functional groups attached to an aromatic ring is 1. The van der Waals surface area contributed by atoms with Crippen molar-refractivity contribution in [2.75, 3.05) is 11.5 Å². The van der Waals surface area contributed by atoms with Gasteiger partial charge in [0.25, 0.3) is 0 Å². The summed E-state index contributed by atoms with van der Waals surface area (Å²) in [5.41, 5.74) is 5.02. The van der Waals surface area contributed by atoms with Crippen LogP contribution in [-0.4, -0.2) is 33.7 Å². The van der Waals surface area contributed by atoms with E-state index in [1.165, 1.54) is 30.8 Å². The lowest BCUT2D eigenvalue weighted by atomic mass is 10.2. The Morgan fingerprint density at radius 2 is 1.88 bits per heavy atom. The number of aryl methyl sites for hydroxylation is 1. The van der Waals surface area contributed by atoms with E-state index in [0.717, 1.165) is 6.07 Å². The molecule has 0 saturated carbocycles. The van der Waals surface area contributed by atoms with E-state index in [1.807, 2.05) is 0 Å². The number of aromatic nitrogens is 4. The van der Waals surface area contributed by atoms with Crippen molar-refractivity contribution in [3.05, 3.63) is 30.1 Å². The molecule has 138 valence electrons. The lowest BCUT2D eigenvalue weighted by Crippen LogP contribution is -2.09.